The van der Waals surface area contributed by atoms with Gasteiger partial charge in [0.05, 0.1) is 12.5 Å². The Morgan fingerprint density at radius 3 is 2.71 bits per heavy atom. The number of fused-ring (bicyclic) bond motifs is 1. The van der Waals surface area contributed by atoms with Crippen LogP contribution in [-0.4, -0.2) is 6.61 Å². The van der Waals surface area contributed by atoms with Gasteiger partial charge in [0.25, 0.3) is 0 Å². The molecule has 5 heteroatoms. The second-order valence-electron chi connectivity index (χ2n) is 4.83. The summed E-state index contributed by atoms with van der Waals surface area (Å²) in [5.74, 6) is 2.18. The van der Waals surface area contributed by atoms with Gasteiger partial charge in [0.1, 0.15) is 18.1 Å². The van der Waals surface area contributed by atoms with Crippen molar-refractivity contribution < 1.29 is 9.47 Å². The van der Waals surface area contributed by atoms with Crippen molar-refractivity contribution in [3.05, 3.63) is 56.0 Å². The number of hydrogen-bond donors (Lipinski definition) is 0. The van der Waals surface area contributed by atoms with E-state index >= 15 is 0 Å². The molecule has 1 aliphatic heterocycles. The lowest BCUT2D eigenvalue weighted by molar-refractivity contribution is 0.290. The van der Waals surface area contributed by atoms with Gasteiger partial charge in [-0.3, -0.25) is 0 Å². The maximum Gasteiger partial charge on any atom is 0.129 e. The van der Waals surface area contributed by atoms with E-state index in [2.05, 4.69) is 37.9 Å². The van der Waals surface area contributed by atoms with Crippen molar-refractivity contribution >= 4 is 43.5 Å². The molecular formula is C16H13Br2ClO2. The quantitative estimate of drug-likeness (QED) is 0.597. The van der Waals surface area contributed by atoms with Crippen molar-refractivity contribution in [2.75, 3.05) is 6.61 Å². The SMILES string of the molecule is ClCc1cc(Br)ccc1OCc1cc(Br)cc2c1OCC2. The number of benzene rings is 2. The minimum atomic E-state index is 0.419. The molecule has 0 spiro atoms. The molecule has 2 nitrogen and oxygen atoms in total. The highest BCUT2D eigenvalue weighted by atomic mass is 79.9. The molecule has 0 aromatic heterocycles. The minimum Gasteiger partial charge on any atom is -0.493 e. The molecule has 0 aliphatic carbocycles. The van der Waals surface area contributed by atoms with Crippen molar-refractivity contribution in [1.82, 2.24) is 0 Å². The molecule has 0 atom stereocenters. The molecular weight excluding hydrogens is 419 g/mol. The van der Waals surface area contributed by atoms with Gasteiger partial charge in [0.2, 0.25) is 0 Å². The van der Waals surface area contributed by atoms with Crippen LogP contribution in [0.25, 0.3) is 0 Å². The second-order valence-corrected chi connectivity index (χ2v) is 6.92. The number of ether oxygens (including phenoxy) is 2. The molecule has 0 amide bonds. The molecule has 110 valence electrons. The normalized spacial score (nSPS) is 12.9. The van der Waals surface area contributed by atoms with Crippen molar-refractivity contribution in [1.29, 1.82) is 0 Å². The summed E-state index contributed by atoms with van der Waals surface area (Å²) in [7, 11) is 0. The first-order valence-corrected chi connectivity index (χ1v) is 8.70. The van der Waals surface area contributed by atoms with E-state index in [-0.39, 0.29) is 0 Å². The highest BCUT2D eigenvalue weighted by molar-refractivity contribution is 9.10. The van der Waals surface area contributed by atoms with E-state index in [0.29, 0.717) is 12.5 Å². The molecule has 0 saturated heterocycles. The van der Waals surface area contributed by atoms with Crippen LogP contribution in [0.15, 0.2) is 39.3 Å². The van der Waals surface area contributed by atoms with Crippen LogP contribution in [0.1, 0.15) is 16.7 Å². The molecule has 2 aromatic rings. The maximum atomic E-state index is 5.97. The van der Waals surface area contributed by atoms with E-state index in [1.54, 1.807) is 0 Å². The molecule has 0 N–H and O–H groups in total. The molecule has 0 fully saturated rings. The zero-order chi connectivity index (χ0) is 14.8. The molecule has 1 heterocycles. The standard InChI is InChI=1S/C16H13Br2ClO2/c17-13-1-2-15(11(6-13)8-19)21-9-12-7-14(18)5-10-3-4-20-16(10)12/h1-2,5-7H,3-4,8-9H2. The fourth-order valence-electron chi connectivity index (χ4n) is 2.40. The molecule has 2 aromatic carbocycles. The topological polar surface area (TPSA) is 18.5 Å². The Balaban J connectivity index is 1.83. The summed E-state index contributed by atoms with van der Waals surface area (Å²) >= 11 is 13.0. The molecule has 0 bridgehead atoms. The molecule has 1 aliphatic rings. The Morgan fingerprint density at radius 1 is 1.10 bits per heavy atom. The summed E-state index contributed by atoms with van der Waals surface area (Å²) in [5.41, 5.74) is 3.26. The zero-order valence-electron chi connectivity index (χ0n) is 11.2. The summed E-state index contributed by atoms with van der Waals surface area (Å²) in [6.45, 7) is 1.21. The van der Waals surface area contributed by atoms with Gasteiger partial charge in [-0.2, -0.15) is 0 Å². The van der Waals surface area contributed by atoms with Gasteiger partial charge >= 0.3 is 0 Å². The number of halogens is 3. The van der Waals surface area contributed by atoms with Gasteiger partial charge in [0.15, 0.2) is 0 Å². The van der Waals surface area contributed by atoms with Gasteiger partial charge in [-0.1, -0.05) is 31.9 Å². The number of hydrogen-bond acceptors (Lipinski definition) is 2. The average Bonchev–Trinajstić information content (AvgIpc) is 2.93. The van der Waals surface area contributed by atoms with Crippen molar-refractivity contribution in [2.24, 2.45) is 0 Å². The predicted molar refractivity (Wildman–Crippen MR) is 91.4 cm³/mol. The van der Waals surface area contributed by atoms with E-state index in [0.717, 1.165) is 44.6 Å². The summed E-state index contributed by atoms with van der Waals surface area (Å²) < 4.78 is 13.7. The maximum absolute atomic E-state index is 5.97. The lowest BCUT2D eigenvalue weighted by atomic mass is 10.1. The number of rotatable bonds is 4. The monoisotopic (exact) mass is 430 g/mol. The van der Waals surface area contributed by atoms with Crippen LogP contribution in [0.5, 0.6) is 11.5 Å². The van der Waals surface area contributed by atoms with Gasteiger partial charge in [-0.25, -0.2) is 0 Å². The van der Waals surface area contributed by atoms with Crippen LogP contribution < -0.4 is 9.47 Å². The summed E-state index contributed by atoms with van der Waals surface area (Å²) in [5, 5.41) is 0. The Hall–Kier alpha value is -0.710. The van der Waals surface area contributed by atoms with E-state index < -0.39 is 0 Å². The van der Waals surface area contributed by atoms with Gasteiger partial charge < -0.3 is 9.47 Å². The van der Waals surface area contributed by atoms with Crippen molar-refractivity contribution in [3.63, 3.8) is 0 Å². The molecule has 0 radical (unpaired) electrons. The third kappa shape index (κ3) is 3.38. The number of alkyl halides is 1. The van der Waals surface area contributed by atoms with E-state index in [4.69, 9.17) is 21.1 Å². The predicted octanol–water partition coefficient (Wildman–Crippen LogP) is 5.46. The summed E-state index contributed by atoms with van der Waals surface area (Å²) in [6.07, 6.45) is 0.951. The Bertz CT molecular complexity index is 674. The van der Waals surface area contributed by atoms with Crippen LogP contribution in [0.4, 0.5) is 0 Å². The van der Waals surface area contributed by atoms with Crippen LogP contribution >= 0.6 is 43.5 Å². The first-order valence-electron chi connectivity index (χ1n) is 6.58. The van der Waals surface area contributed by atoms with Crippen molar-refractivity contribution in [3.8, 4) is 11.5 Å². The second kappa shape index (κ2) is 6.59. The molecule has 0 saturated carbocycles. The Kier molecular flexibility index (Phi) is 4.77. The first kappa shape index (κ1) is 15.2. The molecule has 0 unspecified atom stereocenters. The third-order valence-corrected chi connectivity index (χ3v) is 4.61. The largest absolute Gasteiger partial charge is 0.493 e. The lowest BCUT2D eigenvalue weighted by Gasteiger charge is -2.13. The molecule has 21 heavy (non-hydrogen) atoms. The zero-order valence-corrected chi connectivity index (χ0v) is 15.1. The lowest BCUT2D eigenvalue weighted by Crippen LogP contribution is -2.00. The smallest absolute Gasteiger partial charge is 0.129 e. The Morgan fingerprint density at radius 2 is 1.90 bits per heavy atom. The average molecular weight is 433 g/mol. The minimum absolute atomic E-state index is 0.419. The fraction of sp³-hybridized carbons (Fsp3) is 0.250. The van der Waals surface area contributed by atoms with Gasteiger partial charge in [-0.15, -0.1) is 11.6 Å². The summed E-state index contributed by atoms with van der Waals surface area (Å²) in [6, 6.07) is 10.0. The summed E-state index contributed by atoms with van der Waals surface area (Å²) in [4.78, 5) is 0. The fourth-order valence-corrected chi connectivity index (χ4v) is 3.57. The first-order chi connectivity index (χ1) is 10.2. The molecule has 3 rings (SSSR count). The van der Waals surface area contributed by atoms with Crippen LogP contribution in [0, 0.1) is 0 Å². The van der Waals surface area contributed by atoms with Crippen LogP contribution in [0.3, 0.4) is 0 Å². The van der Waals surface area contributed by atoms with Crippen LogP contribution in [-0.2, 0) is 18.9 Å². The van der Waals surface area contributed by atoms with Gasteiger partial charge in [-0.05, 0) is 35.9 Å². The van der Waals surface area contributed by atoms with E-state index in [1.807, 2.05) is 24.3 Å². The third-order valence-electron chi connectivity index (χ3n) is 3.38. The Labute approximate surface area is 145 Å². The van der Waals surface area contributed by atoms with Crippen molar-refractivity contribution in [2.45, 2.75) is 18.9 Å². The van der Waals surface area contributed by atoms with E-state index in [1.165, 1.54) is 5.56 Å². The highest BCUT2D eigenvalue weighted by Gasteiger charge is 2.18. The van der Waals surface area contributed by atoms with E-state index in [9.17, 15) is 0 Å². The van der Waals surface area contributed by atoms with Crippen LogP contribution in [0.2, 0.25) is 0 Å². The van der Waals surface area contributed by atoms with Gasteiger partial charge in [0, 0.05) is 26.5 Å². The highest BCUT2D eigenvalue weighted by Crippen LogP contribution is 2.34.